The van der Waals surface area contributed by atoms with Gasteiger partial charge in [-0.15, -0.1) is 0 Å². The molecule has 0 aromatic heterocycles. The van der Waals surface area contributed by atoms with Gasteiger partial charge in [0.05, 0.1) is 6.61 Å². The van der Waals surface area contributed by atoms with E-state index in [1.54, 1.807) is 19.1 Å². The first kappa shape index (κ1) is 11.9. The van der Waals surface area contributed by atoms with Gasteiger partial charge >= 0.3 is 7.60 Å². The lowest BCUT2D eigenvalue weighted by Gasteiger charge is -2.16. The third kappa shape index (κ3) is 2.92. The fourth-order valence-corrected chi connectivity index (χ4v) is 2.76. The molecule has 5 heteroatoms. The molecule has 0 aliphatic carbocycles. The second-order valence-corrected chi connectivity index (χ2v) is 6.25. The van der Waals surface area contributed by atoms with E-state index in [9.17, 15) is 9.46 Å². The number of hydrogen-bond acceptors (Lipinski definition) is 2. The first-order valence-corrected chi connectivity index (χ1v) is 6.80. The molecule has 0 spiro atoms. The molecule has 3 nitrogen and oxygen atoms in total. The highest BCUT2D eigenvalue weighted by atomic mass is 79.9. The summed E-state index contributed by atoms with van der Waals surface area (Å²) in [6.45, 7) is 1.91. The minimum absolute atomic E-state index is 0.225. The predicted octanol–water partition coefficient (Wildman–Crippen LogP) is 3.30. The highest BCUT2D eigenvalue weighted by Crippen LogP contribution is 2.59. The van der Waals surface area contributed by atoms with Crippen molar-refractivity contribution in [1.82, 2.24) is 0 Å². The van der Waals surface area contributed by atoms with Crippen LogP contribution in [0.3, 0.4) is 0 Å². The molecule has 0 amide bonds. The summed E-state index contributed by atoms with van der Waals surface area (Å²) >= 11 is 3.17. The molecule has 2 atom stereocenters. The van der Waals surface area contributed by atoms with Gasteiger partial charge < -0.3 is 9.42 Å². The van der Waals surface area contributed by atoms with Crippen LogP contribution < -0.4 is 0 Å². The summed E-state index contributed by atoms with van der Waals surface area (Å²) < 4.78 is 15.8. The first-order valence-electron chi connectivity index (χ1n) is 4.24. The number of hydrogen-bond donors (Lipinski definition) is 1. The summed E-state index contributed by atoms with van der Waals surface area (Å²) in [6.07, 6.45) is 0. The lowest BCUT2D eigenvalue weighted by Crippen LogP contribution is -1.96. The number of benzene rings is 1. The van der Waals surface area contributed by atoms with Gasteiger partial charge in [0.2, 0.25) is 0 Å². The Morgan fingerprint density at radius 2 is 2.07 bits per heavy atom. The average Bonchev–Trinajstić information content (AvgIpc) is 2.18. The van der Waals surface area contributed by atoms with Gasteiger partial charge in [0.1, 0.15) is 4.57 Å². The summed E-state index contributed by atoms with van der Waals surface area (Å²) in [5, 5.41) is 0. The molecule has 1 aromatic rings. The van der Waals surface area contributed by atoms with E-state index in [1.807, 2.05) is 18.2 Å². The van der Waals surface area contributed by atoms with Crippen molar-refractivity contribution in [2.75, 3.05) is 6.61 Å². The topological polar surface area (TPSA) is 46.5 Å². The van der Waals surface area contributed by atoms with Crippen molar-refractivity contribution in [3.05, 3.63) is 35.9 Å². The van der Waals surface area contributed by atoms with Crippen molar-refractivity contribution in [3.8, 4) is 0 Å². The van der Waals surface area contributed by atoms with Crippen LogP contribution in [0.2, 0.25) is 0 Å². The summed E-state index contributed by atoms with van der Waals surface area (Å²) in [6, 6.07) is 9.04. The van der Waals surface area contributed by atoms with Crippen LogP contribution in [0.25, 0.3) is 0 Å². The fraction of sp³-hybridized carbons (Fsp3) is 0.333. The number of halogens is 1. The summed E-state index contributed by atoms with van der Waals surface area (Å²) in [4.78, 5) is 9.52. The Kier molecular flexibility index (Phi) is 4.32. The maximum atomic E-state index is 11.6. The van der Waals surface area contributed by atoms with Crippen molar-refractivity contribution >= 4 is 23.5 Å². The van der Waals surface area contributed by atoms with Crippen LogP contribution in [-0.2, 0) is 9.09 Å². The Hall–Kier alpha value is -0.150. The van der Waals surface area contributed by atoms with Crippen LogP contribution in [-0.4, -0.2) is 11.5 Å². The van der Waals surface area contributed by atoms with Crippen molar-refractivity contribution in [2.24, 2.45) is 0 Å². The van der Waals surface area contributed by atoms with E-state index in [-0.39, 0.29) is 6.61 Å². The van der Waals surface area contributed by atoms with E-state index >= 15 is 0 Å². The molecule has 78 valence electrons. The predicted molar refractivity (Wildman–Crippen MR) is 59.6 cm³/mol. The molecule has 0 bridgehead atoms. The van der Waals surface area contributed by atoms with Crippen LogP contribution >= 0.6 is 23.5 Å². The molecule has 1 aromatic carbocycles. The van der Waals surface area contributed by atoms with Gasteiger partial charge in [-0.05, 0) is 12.5 Å². The van der Waals surface area contributed by atoms with E-state index in [1.165, 1.54) is 0 Å². The molecule has 14 heavy (non-hydrogen) atoms. The molecule has 0 saturated heterocycles. The number of alkyl halides is 1. The van der Waals surface area contributed by atoms with E-state index in [2.05, 4.69) is 15.9 Å². The van der Waals surface area contributed by atoms with Crippen molar-refractivity contribution in [3.63, 3.8) is 0 Å². The van der Waals surface area contributed by atoms with Crippen LogP contribution in [0.1, 0.15) is 17.1 Å². The van der Waals surface area contributed by atoms with E-state index < -0.39 is 12.2 Å². The standard InChI is InChI=1S/C9H12BrO3P/c1-2-13-14(11,12)9(10)8-6-4-3-5-7-8/h3-7,9H,2H2,1H3,(H,11,12). The van der Waals surface area contributed by atoms with Crippen LogP contribution in [0, 0.1) is 0 Å². The Labute approximate surface area is 91.8 Å². The van der Waals surface area contributed by atoms with Gasteiger partial charge in [0.15, 0.2) is 0 Å². The van der Waals surface area contributed by atoms with Crippen molar-refractivity contribution in [1.29, 1.82) is 0 Å². The fourth-order valence-electron chi connectivity index (χ4n) is 1.05. The quantitative estimate of drug-likeness (QED) is 0.679. The zero-order valence-electron chi connectivity index (χ0n) is 7.76. The molecule has 0 fully saturated rings. The minimum Gasteiger partial charge on any atom is -0.323 e. The summed E-state index contributed by atoms with van der Waals surface area (Å²) in [5.41, 5.74) is 0.742. The highest BCUT2D eigenvalue weighted by molar-refractivity contribution is 9.10. The maximum Gasteiger partial charge on any atom is 0.346 e. The van der Waals surface area contributed by atoms with Gasteiger partial charge in [0, 0.05) is 0 Å². The Morgan fingerprint density at radius 1 is 1.50 bits per heavy atom. The van der Waals surface area contributed by atoms with Gasteiger partial charge in [-0.25, -0.2) is 0 Å². The lowest BCUT2D eigenvalue weighted by molar-refractivity contribution is 0.272. The highest BCUT2D eigenvalue weighted by Gasteiger charge is 2.30. The third-order valence-corrected chi connectivity index (χ3v) is 5.26. The van der Waals surface area contributed by atoms with Crippen LogP contribution in [0.4, 0.5) is 0 Å². The van der Waals surface area contributed by atoms with Gasteiger partial charge in [-0.1, -0.05) is 46.3 Å². The molecule has 0 radical (unpaired) electrons. The van der Waals surface area contributed by atoms with Crippen molar-refractivity contribution < 1.29 is 14.0 Å². The van der Waals surface area contributed by atoms with E-state index in [0.717, 1.165) is 5.56 Å². The summed E-state index contributed by atoms with van der Waals surface area (Å²) in [7, 11) is -3.59. The zero-order chi connectivity index (χ0) is 10.6. The smallest absolute Gasteiger partial charge is 0.323 e. The Bertz CT molecular complexity index is 328. The molecular weight excluding hydrogens is 267 g/mol. The Morgan fingerprint density at radius 3 is 2.57 bits per heavy atom. The zero-order valence-corrected chi connectivity index (χ0v) is 10.2. The number of rotatable bonds is 4. The maximum absolute atomic E-state index is 11.6. The van der Waals surface area contributed by atoms with E-state index in [4.69, 9.17) is 4.52 Å². The minimum atomic E-state index is -3.59. The average molecular weight is 279 g/mol. The SMILES string of the molecule is CCOP(=O)(O)C(Br)c1ccccc1. The van der Waals surface area contributed by atoms with Gasteiger partial charge in [-0.3, -0.25) is 4.57 Å². The molecule has 1 rings (SSSR count). The second kappa shape index (κ2) is 5.08. The van der Waals surface area contributed by atoms with Crippen molar-refractivity contribution in [2.45, 2.75) is 11.5 Å². The molecular formula is C9H12BrO3P. The lowest BCUT2D eigenvalue weighted by atomic mass is 10.2. The van der Waals surface area contributed by atoms with Crippen LogP contribution in [0.5, 0.6) is 0 Å². The molecule has 0 saturated carbocycles. The van der Waals surface area contributed by atoms with E-state index in [0.29, 0.717) is 0 Å². The first-order chi connectivity index (χ1) is 6.58. The molecule has 0 aliphatic heterocycles. The monoisotopic (exact) mass is 278 g/mol. The largest absolute Gasteiger partial charge is 0.346 e. The molecule has 0 aliphatic rings. The normalized spacial score (nSPS) is 17.4. The summed E-state index contributed by atoms with van der Waals surface area (Å²) in [5.74, 6) is 0. The second-order valence-electron chi connectivity index (χ2n) is 2.73. The molecule has 0 heterocycles. The Balaban J connectivity index is 2.85. The van der Waals surface area contributed by atoms with Crippen LogP contribution in [0.15, 0.2) is 30.3 Å². The molecule has 2 unspecified atom stereocenters. The third-order valence-electron chi connectivity index (χ3n) is 1.68. The molecule has 1 N–H and O–H groups in total. The van der Waals surface area contributed by atoms with Gasteiger partial charge in [-0.2, -0.15) is 0 Å². The van der Waals surface area contributed by atoms with Gasteiger partial charge in [0.25, 0.3) is 0 Å².